The number of aryl methyl sites for hydroxylation is 1. The third kappa shape index (κ3) is 3.48. The summed E-state index contributed by atoms with van der Waals surface area (Å²) >= 11 is 0. The summed E-state index contributed by atoms with van der Waals surface area (Å²) in [7, 11) is 1.87. The summed E-state index contributed by atoms with van der Waals surface area (Å²) in [5.41, 5.74) is 2.51. The minimum Gasteiger partial charge on any atom is -0.387 e. The molecule has 2 heterocycles. The van der Waals surface area contributed by atoms with Crippen LogP contribution in [-0.4, -0.2) is 32.3 Å². The van der Waals surface area contributed by atoms with Gasteiger partial charge in [-0.25, -0.2) is 0 Å². The van der Waals surface area contributed by atoms with Crippen LogP contribution in [0.15, 0.2) is 47.9 Å². The number of hydrogen-bond donors (Lipinski definition) is 0. The monoisotopic (exact) mass is 326 g/mol. The third-order valence-corrected chi connectivity index (χ3v) is 4.08. The Labute approximate surface area is 141 Å². The van der Waals surface area contributed by atoms with E-state index in [0.29, 0.717) is 18.7 Å². The molecule has 0 saturated heterocycles. The van der Waals surface area contributed by atoms with E-state index in [9.17, 15) is 4.79 Å². The largest absolute Gasteiger partial charge is 0.387 e. The van der Waals surface area contributed by atoms with E-state index in [1.54, 1.807) is 15.8 Å². The van der Waals surface area contributed by atoms with Gasteiger partial charge in [0, 0.05) is 37.8 Å². The fourth-order valence-electron chi connectivity index (χ4n) is 2.76. The predicted octanol–water partition coefficient (Wildman–Crippen LogP) is 2.67. The van der Waals surface area contributed by atoms with E-state index in [1.165, 1.54) is 0 Å². The molecular formula is C18H22N4O2. The SMILES string of the molecule is CC(C)N(Cc1cnn(C)c1)C(=O)C1=NOC(c2ccccc2)C1. The quantitative estimate of drug-likeness (QED) is 0.849. The van der Waals surface area contributed by atoms with Crippen molar-refractivity contribution in [1.82, 2.24) is 14.7 Å². The van der Waals surface area contributed by atoms with Crippen molar-refractivity contribution in [2.45, 2.75) is 39.0 Å². The second-order valence-electron chi connectivity index (χ2n) is 6.30. The number of aromatic nitrogens is 2. The van der Waals surface area contributed by atoms with Gasteiger partial charge in [-0.15, -0.1) is 0 Å². The topological polar surface area (TPSA) is 59.7 Å². The van der Waals surface area contributed by atoms with Gasteiger partial charge in [0.15, 0.2) is 6.10 Å². The first-order chi connectivity index (χ1) is 11.5. The van der Waals surface area contributed by atoms with Crippen LogP contribution < -0.4 is 0 Å². The molecule has 1 aliphatic heterocycles. The van der Waals surface area contributed by atoms with Crippen LogP contribution in [0.4, 0.5) is 0 Å². The molecular weight excluding hydrogens is 304 g/mol. The molecule has 2 aromatic rings. The van der Waals surface area contributed by atoms with Crippen molar-refractivity contribution in [2.75, 3.05) is 0 Å². The van der Waals surface area contributed by atoms with Crippen molar-refractivity contribution in [3.63, 3.8) is 0 Å². The first-order valence-corrected chi connectivity index (χ1v) is 8.10. The van der Waals surface area contributed by atoms with Crippen molar-refractivity contribution < 1.29 is 9.63 Å². The van der Waals surface area contributed by atoms with Gasteiger partial charge in [-0.2, -0.15) is 5.10 Å². The van der Waals surface area contributed by atoms with Crippen LogP contribution in [-0.2, 0) is 23.2 Å². The van der Waals surface area contributed by atoms with Crippen molar-refractivity contribution in [1.29, 1.82) is 0 Å². The van der Waals surface area contributed by atoms with E-state index >= 15 is 0 Å². The number of hydrogen-bond acceptors (Lipinski definition) is 4. The molecule has 0 radical (unpaired) electrons. The standard InChI is InChI=1S/C18H22N4O2/c1-13(2)22(12-14-10-19-21(3)11-14)18(23)16-9-17(24-20-16)15-7-5-4-6-8-15/h4-8,10-11,13,17H,9,12H2,1-3H3. The van der Waals surface area contributed by atoms with Gasteiger partial charge in [0.2, 0.25) is 0 Å². The molecule has 6 nitrogen and oxygen atoms in total. The van der Waals surface area contributed by atoms with E-state index in [2.05, 4.69) is 10.3 Å². The number of carbonyl (C=O) groups is 1. The predicted molar refractivity (Wildman–Crippen MR) is 91.2 cm³/mol. The minimum absolute atomic E-state index is 0.0659. The molecule has 0 aliphatic carbocycles. The second-order valence-corrected chi connectivity index (χ2v) is 6.30. The van der Waals surface area contributed by atoms with E-state index < -0.39 is 0 Å². The number of rotatable bonds is 5. The number of oxime groups is 1. The van der Waals surface area contributed by atoms with E-state index in [1.807, 2.05) is 57.4 Å². The highest BCUT2D eigenvalue weighted by Crippen LogP contribution is 2.28. The van der Waals surface area contributed by atoms with Crippen molar-refractivity contribution in [3.8, 4) is 0 Å². The first-order valence-electron chi connectivity index (χ1n) is 8.10. The summed E-state index contributed by atoms with van der Waals surface area (Å²) in [4.78, 5) is 20.1. The Morgan fingerprint density at radius 1 is 1.38 bits per heavy atom. The van der Waals surface area contributed by atoms with Crippen LogP contribution in [0.3, 0.4) is 0 Å². The maximum absolute atomic E-state index is 12.9. The highest BCUT2D eigenvalue weighted by Gasteiger charge is 2.31. The van der Waals surface area contributed by atoms with Gasteiger partial charge in [0.05, 0.1) is 6.20 Å². The maximum Gasteiger partial charge on any atom is 0.272 e. The second kappa shape index (κ2) is 6.86. The lowest BCUT2D eigenvalue weighted by atomic mass is 10.0. The molecule has 0 N–H and O–H groups in total. The van der Waals surface area contributed by atoms with Crippen molar-refractivity contribution >= 4 is 11.6 Å². The van der Waals surface area contributed by atoms with Crippen LogP contribution in [0.1, 0.15) is 37.5 Å². The van der Waals surface area contributed by atoms with E-state index in [0.717, 1.165) is 11.1 Å². The number of nitrogens with zero attached hydrogens (tertiary/aromatic N) is 4. The highest BCUT2D eigenvalue weighted by molar-refractivity contribution is 6.39. The lowest BCUT2D eigenvalue weighted by Gasteiger charge is -2.25. The molecule has 1 amide bonds. The molecule has 1 unspecified atom stereocenters. The molecule has 1 aliphatic rings. The van der Waals surface area contributed by atoms with Gasteiger partial charge in [0.1, 0.15) is 5.71 Å². The Hall–Kier alpha value is -2.63. The summed E-state index contributed by atoms with van der Waals surface area (Å²) in [6.07, 6.45) is 4.02. The zero-order valence-electron chi connectivity index (χ0n) is 14.2. The highest BCUT2D eigenvalue weighted by atomic mass is 16.6. The molecule has 1 aromatic carbocycles. The van der Waals surface area contributed by atoms with Crippen LogP contribution in [0.2, 0.25) is 0 Å². The van der Waals surface area contributed by atoms with Crippen LogP contribution in [0.25, 0.3) is 0 Å². The molecule has 0 saturated carbocycles. The summed E-state index contributed by atoms with van der Waals surface area (Å²) in [5, 5.41) is 8.21. The van der Waals surface area contributed by atoms with Crippen LogP contribution in [0.5, 0.6) is 0 Å². The zero-order valence-corrected chi connectivity index (χ0v) is 14.2. The van der Waals surface area contributed by atoms with Gasteiger partial charge in [-0.3, -0.25) is 9.48 Å². The molecule has 0 fully saturated rings. The number of amides is 1. The Bertz CT molecular complexity index is 736. The van der Waals surface area contributed by atoms with Crippen LogP contribution >= 0.6 is 0 Å². The maximum atomic E-state index is 12.9. The molecule has 126 valence electrons. The molecule has 24 heavy (non-hydrogen) atoms. The van der Waals surface area contributed by atoms with Gasteiger partial charge < -0.3 is 9.74 Å². The average Bonchev–Trinajstić information content (AvgIpc) is 3.22. The third-order valence-electron chi connectivity index (χ3n) is 4.08. The zero-order chi connectivity index (χ0) is 17.1. The number of benzene rings is 1. The first kappa shape index (κ1) is 16.2. The molecule has 1 aromatic heterocycles. The fraction of sp³-hybridized carbons (Fsp3) is 0.389. The fourth-order valence-corrected chi connectivity index (χ4v) is 2.76. The lowest BCUT2D eigenvalue weighted by Crippen LogP contribution is -2.40. The Balaban J connectivity index is 1.69. The summed E-state index contributed by atoms with van der Waals surface area (Å²) in [5.74, 6) is -0.0766. The van der Waals surface area contributed by atoms with E-state index in [-0.39, 0.29) is 18.1 Å². The van der Waals surface area contributed by atoms with Gasteiger partial charge in [0.25, 0.3) is 5.91 Å². The van der Waals surface area contributed by atoms with Crippen molar-refractivity contribution in [2.24, 2.45) is 12.2 Å². The van der Waals surface area contributed by atoms with Crippen molar-refractivity contribution in [3.05, 3.63) is 53.9 Å². The normalized spacial score (nSPS) is 16.8. The summed E-state index contributed by atoms with van der Waals surface area (Å²) in [6.45, 7) is 4.51. The van der Waals surface area contributed by atoms with Gasteiger partial charge >= 0.3 is 0 Å². The Morgan fingerprint density at radius 3 is 2.75 bits per heavy atom. The molecule has 0 spiro atoms. The summed E-state index contributed by atoms with van der Waals surface area (Å²) < 4.78 is 1.74. The van der Waals surface area contributed by atoms with Gasteiger partial charge in [-0.1, -0.05) is 35.5 Å². The Kier molecular flexibility index (Phi) is 4.64. The van der Waals surface area contributed by atoms with E-state index in [4.69, 9.17) is 4.84 Å². The summed E-state index contributed by atoms with van der Waals surface area (Å²) in [6, 6.07) is 9.92. The molecule has 1 atom stereocenters. The lowest BCUT2D eigenvalue weighted by molar-refractivity contribution is -0.126. The minimum atomic E-state index is -0.183. The molecule has 3 rings (SSSR count). The Morgan fingerprint density at radius 2 is 2.12 bits per heavy atom. The molecule has 0 bridgehead atoms. The molecule has 6 heteroatoms. The smallest absolute Gasteiger partial charge is 0.272 e. The average molecular weight is 326 g/mol. The van der Waals surface area contributed by atoms with Gasteiger partial charge in [-0.05, 0) is 19.4 Å². The number of carbonyl (C=O) groups excluding carboxylic acids is 1. The van der Waals surface area contributed by atoms with Crippen LogP contribution in [0, 0.1) is 0 Å².